The van der Waals surface area contributed by atoms with Crippen LogP contribution in [0.15, 0.2) is 24.4 Å². The Morgan fingerprint density at radius 2 is 1.97 bits per heavy atom. The van der Waals surface area contributed by atoms with E-state index in [1.165, 1.54) is 10.9 Å². The Morgan fingerprint density at radius 3 is 2.50 bits per heavy atom. The molecule has 10 nitrogen and oxygen atoms in total. The molecule has 32 heavy (non-hydrogen) atoms. The van der Waals surface area contributed by atoms with Crippen LogP contribution in [0.25, 0.3) is 5.69 Å². The van der Waals surface area contributed by atoms with Gasteiger partial charge < -0.3 is 21.9 Å². The quantitative estimate of drug-likeness (QED) is 0.525. The summed E-state index contributed by atoms with van der Waals surface area (Å²) in [5.41, 5.74) is 12.9. The van der Waals surface area contributed by atoms with Gasteiger partial charge in [-0.25, -0.2) is 9.48 Å². The number of likely N-dealkylation sites (tertiary alicyclic amines) is 1. The van der Waals surface area contributed by atoms with Crippen LogP contribution in [-0.2, 0) is 4.79 Å². The largest absolute Gasteiger partial charge is 0.477 e. The van der Waals surface area contributed by atoms with Crippen molar-refractivity contribution in [1.29, 1.82) is 0 Å². The minimum Gasteiger partial charge on any atom is -0.477 e. The second-order valence-corrected chi connectivity index (χ2v) is 8.10. The summed E-state index contributed by atoms with van der Waals surface area (Å²) in [6, 6.07) is 5.48. The Balaban J connectivity index is 0.000000243. The smallest absolute Gasteiger partial charge is 0.341 e. The third-order valence-corrected chi connectivity index (χ3v) is 5.75. The van der Waals surface area contributed by atoms with Gasteiger partial charge in [0.25, 0.3) is 5.91 Å². The number of nitrogens with zero attached hydrogens (tertiary/aromatic N) is 3. The Hall–Kier alpha value is -3.40. The number of nitrogens with two attached hydrogens (primary N) is 2. The molecule has 2 aliphatic rings. The zero-order valence-electron chi connectivity index (χ0n) is 18.4. The van der Waals surface area contributed by atoms with Gasteiger partial charge in [-0.05, 0) is 63.4 Å². The number of hydrogen-bond donors (Lipinski definition) is 4. The summed E-state index contributed by atoms with van der Waals surface area (Å²) in [6.45, 7) is 5.87. The number of rotatable bonds is 6. The van der Waals surface area contributed by atoms with E-state index in [1.54, 1.807) is 18.2 Å². The van der Waals surface area contributed by atoms with E-state index in [2.05, 4.69) is 22.2 Å². The monoisotopic (exact) mass is 442 g/mol. The maximum absolute atomic E-state index is 12.1. The average molecular weight is 443 g/mol. The SMILES string of the molecule is CCN1CCCC1C(N)=O.Cc1ccc(C(=O)NC2CC2)cc1-n1ncc(C(=O)O)c1N. The lowest BCUT2D eigenvalue weighted by atomic mass is 10.1. The summed E-state index contributed by atoms with van der Waals surface area (Å²) in [6.07, 6.45) is 5.29. The van der Waals surface area contributed by atoms with Crippen LogP contribution in [0.1, 0.15) is 58.9 Å². The second kappa shape index (κ2) is 9.82. The normalized spacial score (nSPS) is 18.0. The van der Waals surface area contributed by atoms with Crippen LogP contribution >= 0.6 is 0 Å². The maximum Gasteiger partial charge on any atom is 0.341 e. The topological polar surface area (TPSA) is 157 Å². The first kappa shape index (κ1) is 23.3. The fourth-order valence-corrected chi connectivity index (χ4v) is 3.72. The first-order chi connectivity index (χ1) is 15.2. The van der Waals surface area contributed by atoms with E-state index in [9.17, 15) is 14.4 Å². The van der Waals surface area contributed by atoms with Crippen LogP contribution < -0.4 is 16.8 Å². The number of carbonyl (C=O) groups excluding carboxylic acids is 2. The van der Waals surface area contributed by atoms with Crippen molar-refractivity contribution in [1.82, 2.24) is 20.0 Å². The van der Waals surface area contributed by atoms with Crippen molar-refractivity contribution >= 4 is 23.6 Å². The Bertz CT molecular complexity index is 1010. The molecule has 0 bridgehead atoms. The van der Waals surface area contributed by atoms with E-state index in [1.807, 2.05) is 6.92 Å². The summed E-state index contributed by atoms with van der Waals surface area (Å²) >= 11 is 0. The van der Waals surface area contributed by atoms with Crippen molar-refractivity contribution in [2.45, 2.75) is 51.6 Å². The Kier molecular flexibility index (Phi) is 7.14. The van der Waals surface area contributed by atoms with E-state index < -0.39 is 5.97 Å². The number of carboxylic acid groups (broad SMARTS) is 1. The minimum absolute atomic E-state index is 0.0185. The number of aromatic carboxylic acids is 1. The number of likely N-dealkylation sites (N-methyl/N-ethyl adjacent to an activating group) is 1. The van der Waals surface area contributed by atoms with E-state index in [0.29, 0.717) is 11.3 Å². The van der Waals surface area contributed by atoms with Gasteiger partial charge >= 0.3 is 5.97 Å². The molecule has 2 heterocycles. The molecule has 1 aromatic carbocycles. The molecule has 2 aromatic rings. The fraction of sp³-hybridized carbons (Fsp3) is 0.455. The second-order valence-electron chi connectivity index (χ2n) is 8.10. The lowest BCUT2D eigenvalue weighted by Gasteiger charge is -2.18. The molecular weight excluding hydrogens is 412 g/mol. The highest BCUT2D eigenvalue weighted by Crippen LogP contribution is 2.23. The summed E-state index contributed by atoms with van der Waals surface area (Å²) in [7, 11) is 0. The van der Waals surface area contributed by atoms with Crippen molar-refractivity contribution < 1.29 is 19.5 Å². The zero-order chi connectivity index (χ0) is 23.4. The molecule has 1 saturated heterocycles. The van der Waals surface area contributed by atoms with Crippen molar-refractivity contribution in [3.8, 4) is 5.69 Å². The molecule has 1 aliphatic carbocycles. The first-order valence-electron chi connectivity index (χ1n) is 10.7. The molecule has 1 unspecified atom stereocenters. The molecule has 10 heteroatoms. The van der Waals surface area contributed by atoms with Crippen LogP contribution in [0.5, 0.6) is 0 Å². The van der Waals surface area contributed by atoms with Crippen molar-refractivity contribution in [3.05, 3.63) is 41.1 Å². The first-order valence-corrected chi connectivity index (χ1v) is 10.7. The number of hydrogen-bond acceptors (Lipinski definition) is 6. The minimum atomic E-state index is -1.14. The Labute approximate surface area is 186 Å². The molecule has 2 amide bonds. The van der Waals surface area contributed by atoms with E-state index in [4.69, 9.17) is 16.6 Å². The van der Waals surface area contributed by atoms with Crippen molar-refractivity contribution in [2.24, 2.45) is 5.73 Å². The van der Waals surface area contributed by atoms with Crippen molar-refractivity contribution in [3.63, 3.8) is 0 Å². The van der Waals surface area contributed by atoms with Gasteiger partial charge in [0.2, 0.25) is 5.91 Å². The average Bonchev–Trinajstić information content (AvgIpc) is 3.28. The van der Waals surface area contributed by atoms with Crippen LogP contribution in [0.4, 0.5) is 5.82 Å². The molecule has 4 rings (SSSR count). The van der Waals surface area contributed by atoms with Crippen LogP contribution in [0, 0.1) is 6.92 Å². The lowest BCUT2D eigenvalue weighted by molar-refractivity contribution is -0.122. The summed E-state index contributed by atoms with van der Waals surface area (Å²) < 4.78 is 1.34. The summed E-state index contributed by atoms with van der Waals surface area (Å²) in [4.78, 5) is 36.1. The highest BCUT2D eigenvalue weighted by molar-refractivity contribution is 5.96. The van der Waals surface area contributed by atoms with E-state index >= 15 is 0 Å². The van der Waals surface area contributed by atoms with Crippen LogP contribution in [0.3, 0.4) is 0 Å². The Morgan fingerprint density at radius 1 is 1.25 bits per heavy atom. The number of amides is 2. The highest BCUT2D eigenvalue weighted by Gasteiger charge is 2.27. The summed E-state index contributed by atoms with van der Waals surface area (Å²) in [5, 5.41) is 16.0. The number of benzene rings is 1. The molecule has 1 aliphatic heterocycles. The molecule has 0 radical (unpaired) electrons. The van der Waals surface area contributed by atoms with Gasteiger partial charge in [0.15, 0.2) is 0 Å². The van der Waals surface area contributed by atoms with Crippen LogP contribution in [-0.4, -0.2) is 62.7 Å². The third-order valence-electron chi connectivity index (χ3n) is 5.75. The van der Waals surface area contributed by atoms with Crippen LogP contribution in [0.2, 0.25) is 0 Å². The van der Waals surface area contributed by atoms with Gasteiger partial charge in [0, 0.05) is 11.6 Å². The fourth-order valence-electron chi connectivity index (χ4n) is 3.72. The van der Waals surface area contributed by atoms with Gasteiger partial charge in [-0.3, -0.25) is 14.5 Å². The number of carboxylic acids is 1. The zero-order valence-corrected chi connectivity index (χ0v) is 18.4. The van der Waals surface area contributed by atoms with E-state index in [0.717, 1.165) is 44.3 Å². The number of nitrogen functional groups attached to an aromatic ring is 1. The highest BCUT2D eigenvalue weighted by atomic mass is 16.4. The molecule has 2 fully saturated rings. The number of primary amides is 1. The lowest BCUT2D eigenvalue weighted by Crippen LogP contribution is -2.39. The number of nitrogens with one attached hydrogen (secondary N) is 1. The molecule has 1 aromatic heterocycles. The molecule has 0 spiro atoms. The standard InChI is InChI=1S/C15H16N4O3.C7H14N2O/c1-8-2-3-9(14(20)18-10-4-5-10)6-12(8)19-13(16)11(7-17-19)15(21)22;1-2-9-5-3-4-6(9)7(8)10/h2-3,6-7,10H,4-5,16H2,1H3,(H,18,20)(H,21,22);6H,2-5H2,1H3,(H2,8,10). The van der Waals surface area contributed by atoms with Gasteiger partial charge in [0.05, 0.1) is 17.9 Å². The van der Waals surface area contributed by atoms with Gasteiger partial charge in [-0.15, -0.1) is 0 Å². The molecule has 1 atom stereocenters. The molecule has 1 saturated carbocycles. The number of aryl methyl sites for hydroxylation is 1. The van der Waals surface area contributed by atoms with Gasteiger partial charge in [-0.1, -0.05) is 13.0 Å². The summed E-state index contributed by atoms with van der Waals surface area (Å²) in [5.74, 6) is -1.41. The van der Waals surface area contributed by atoms with Crippen molar-refractivity contribution in [2.75, 3.05) is 18.8 Å². The van der Waals surface area contributed by atoms with Gasteiger partial charge in [0.1, 0.15) is 11.4 Å². The predicted molar refractivity (Wildman–Crippen MR) is 120 cm³/mol. The number of anilines is 1. The third kappa shape index (κ3) is 5.25. The number of carbonyl (C=O) groups is 3. The predicted octanol–water partition coefficient (Wildman–Crippen LogP) is 1.31. The molecule has 6 N–H and O–H groups in total. The molecule has 172 valence electrons. The number of aromatic nitrogens is 2. The van der Waals surface area contributed by atoms with E-state index in [-0.39, 0.29) is 35.3 Å². The maximum atomic E-state index is 12.1. The van der Waals surface area contributed by atoms with Gasteiger partial charge in [-0.2, -0.15) is 5.10 Å². The molecular formula is C22H30N6O4.